The molecule has 0 saturated carbocycles. The van der Waals surface area contributed by atoms with E-state index >= 15 is 0 Å². The number of aryl methyl sites for hydroxylation is 1. The molecule has 1 heterocycles. The SMILES string of the molecule is CCn1cc([N+](=O)[O-])cc1C(=O)Nc1cccc(CN)c1. The molecule has 7 nitrogen and oxygen atoms in total. The third-order valence-electron chi connectivity index (χ3n) is 3.09. The molecule has 2 rings (SSSR count). The van der Waals surface area contributed by atoms with Gasteiger partial charge in [-0.2, -0.15) is 0 Å². The van der Waals surface area contributed by atoms with Crippen molar-refractivity contribution in [3.05, 3.63) is 57.9 Å². The maximum atomic E-state index is 12.2. The second kappa shape index (κ2) is 6.19. The van der Waals surface area contributed by atoms with Gasteiger partial charge in [0.1, 0.15) is 5.69 Å². The molecule has 1 aromatic carbocycles. The van der Waals surface area contributed by atoms with Crippen LogP contribution in [0.3, 0.4) is 0 Å². The van der Waals surface area contributed by atoms with Crippen LogP contribution in [-0.4, -0.2) is 15.4 Å². The molecule has 1 aromatic heterocycles. The molecule has 21 heavy (non-hydrogen) atoms. The first-order valence-electron chi connectivity index (χ1n) is 6.50. The lowest BCUT2D eigenvalue weighted by Crippen LogP contribution is -2.16. The molecule has 3 N–H and O–H groups in total. The van der Waals surface area contributed by atoms with Crippen LogP contribution in [0.2, 0.25) is 0 Å². The van der Waals surface area contributed by atoms with Crippen molar-refractivity contribution in [2.45, 2.75) is 20.0 Å². The Kier molecular flexibility index (Phi) is 4.34. The second-order valence-electron chi connectivity index (χ2n) is 4.49. The van der Waals surface area contributed by atoms with Crippen LogP contribution in [0, 0.1) is 10.1 Å². The highest BCUT2D eigenvalue weighted by Crippen LogP contribution is 2.18. The van der Waals surface area contributed by atoms with Crippen LogP contribution in [0.15, 0.2) is 36.5 Å². The topological polar surface area (TPSA) is 103 Å². The van der Waals surface area contributed by atoms with Crippen LogP contribution in [0.25, 0.3) is 0 Å². The Balaban J connectivity index is 2.25. The lowest BCUT2D eigenvalue weighted by Gasteiger charge is -2.08. The molecule has 0 radical (unpaired) electrons. The van der Waals surface area contributed by atoms with Gasteiger partial charge < -0.3 is 15.6 Å². The van der Waals surface area contributed by atoms with Crippen molar-refractivity contribution in [3.8, 4) is 0 Å². The van der Waals surface area contributed by atoms with Crippen molar-refractivity contribution in [3.63, 3.8) is 0 Å². The Morgan fingerprint density at radius 3 is 2.81 bits per heavy atom. The minimum atomic E-state index is -0.516. The fourth-order valence-electron chi connectivity index (χ4n) is 2.02. The first-order valence-corrected chi connectivity index (χ1v) is 6.50. The van der Waals surface area contributed by atoms with Gasteiger partial charge in [0, 0.05) is 24.8 Å². The molecule has 0 bridgehead atoms. The van der Waals surface area contributed by atoms with Crippen LogP contribution in [0.5, 0.6) is 0 Å². The first-order chi connectivity index (χ1) is 10.0. The van der Waals surface area contributed by atoms with E-state index in [2.05, 4.69) is 5.32 Å². The van der Waals surface area contributed by atoms with Crippen molar-refractivity contribution in [1.82, 2.24) is 4.57 Å². The van der Waals surface area contributed by atoms with Gasteiger partial charge in [-0.3, -0.25) is 14.9 Å². The highest BCUT2D eigenvalue weighted by atomic mass is 16.6. The molecular weight excluding hydrogens is 272 g/mol. The van der Waals surface area contributed by atoms with Crippen LogP contribution in [0.4, 0.5) is 11.4 Å². The molecule has 110 valence electrons. The molecule has 0 fully saturated rings. The van der Waals surface area contributed by atoms with Crippen molar-refractivity contribution < 1.29 is 9.72 Å². The molecule has 7 heteroatoms. The highest BCUT2D eigenvalue weighted by molar-refractivity contribution is 6.03. The Morgan fingerprint density at radius 2 is 2.19 bits per heavy atom. The van der Waals surface area contributed by atoms with Gasteiger partial charge in [0.15, 0.2) is 0 Å². The maximum Gasteiger partial charge on any atom is 0.287 e. The summed E-state index contributed by atoms with van der Waals surface area (Å²) < 4.78 is 1.54. The highest BCUT2D eigenvalue weighted by Gasteiger charge is 2.18. The van der Waals surface area contributed by atoms with Gasteiger partial charge in [0.25, 0.3) is 11.6 Å². The summed E-state index contributed by atoms with van der Waals surface area (Å²) in [6, 6.07) is 8.43. The molecule has 1 amide bonds. The van der Waals surface area contributed by atoms with Crippen LogP contribution >= 0.6 is 0 Å². The van der Waals surface area contributed by atoms with E-state index in [0.717, 1.165) is 5.56 Å². The lowest BCUT2D eigenvalue weighted by molar-refractivity contribution is -0.384. The Hall–Kier alpha value is -2.67. The Labute approximate surface area is 121 Å². The monoisotopic (exact) mass is 288 g/mol. The third-order valence-corrected chi connectivity index (χ3v) is 3.09. The number of rotatable bonds is 5. The van der Waals surface area contributed by atoms with Gasteiger partial charge >= 0.3 is 0 Å². The minimum Gasteiger partial charge on any atom is -0.337 e. The van der Waals surface area contributed by atoms with E-state index in [1.807, 2.05) is 13.0 Å². The van der Waals surface area contributed by atoms with Gasteiger partial charge in [0.05, 0.1) is 11.1 Å². The van der Waals surface area contributed by atoms with Crippen LogP contribution in [-0.2, 0) is 13.1 Å². The Morgan fingerprint density at radius 1 is 1.43 bits per heavy atom. The molecule has 0 aliphatic rings. The third kappa shape index (κ3) is 3.26. The van der Waals surface area contributed by atoms with Crippen molar-refractivity contribution in [1.29, 1.82) is 0 Å². The summed E-state index contributed by atoms with van der Waals surface area (Å²) in [4.78, 5) is 22.5. The number of nitrogens with one attached hydrogen (secondary N) is 1. The van der Waals surface area contributed by atoms with E-state index in [-0.39, 0.29) is 17.3 Å². The zero-order valence-electron chi connectivity index (χ0n) is 11.6. The average molecular weight is 288 g/mol. The largest absolute Gasteiger partial charge is 0.337 e. The predicted octanol–water partition coefficient (Wildman–Crippen LogP) is 2.13. The standard InChI is InChI=1S/C14H16N4O3/c1-2-17-9-12(18(20)21)7-13(17)14(19)16-11-5-3-4-10(6-11)8-15/h3-7,9H,2,8,15H2,1H3,(H,16,19). The number of nitrogens with two attached hydrogens (primary N) is 1. The molecule has 0 spiro atoms. The average Bonchev–Trinajstić information content (AvgIpc) is 2.92. The number of carbonyl (C=O) groups is 1. The first kappa shape index (κ1) is 14.7. The fraction of sp³-hybridized carbons (Fsp3) is 0.214. The minimum absolute atomic E-state index is 0.0993. The number of nitro groups is 1. The summed E-state index contributed by atoms with van der Waals surface area (Å²) in [6.45, 7) is 2.66. The number of benzene rings is 1. The molecule has 2 aromatic rings. The molecule has 0 unspecified atom stereocenters. The molecule has 0 saturated heterocycles. The quantitative estimate of drug-likeness (QED) is 0.649. The van der Waals surface area contributed by atoms with E-state index in [4.69, 9.17) is 5.73 Å². The van der Waals surface area contributed by atoms with E-state index < -0.39 is 4.92 Å². The summed E-state index contributed by atoms with van der Waals surface area (Å²) >= 11 is 0. The number of anilines is 1. The van der Waals surface area contributed by atoms with E-state index in [1.54, 1.807) is 22.8 Å². The number of nitrogens with zero attached hydrogens (tertiary/aromatic N) is 2. The summed E-state index contributed by atoms with van der Waals surface area (Å²) in [6.07, 6.45) is 1.35. The van der Waals surface area contributed by atoms with Crippen molar-refractivity contribution >= 4 is 17.3 Å². The van der Waals surface area contributed by atoms with Gasteiger partial charge in [-0.15, -0.1) is 0 Å². The number of amides is 1. The van der Waals surface area contributed by atoms with Crippen LogP contribution in [0.1, 0.15) is 23.0 Å². The predicted molar refractivity (Wildman–Crippen MR) is 79.0 cm³/mol. The maximum absolute atomic E-state index is 12.2. The van der Waals surface area contributed by atoms with Gasteiger partial charge in [-0.1, -0.05) is 12.1 Å². The summed E-state index contributed by atoms with van der Waals surface area (Å²) in [5.41, 5.74) is 7.20. The molecular formula is C14H16N4O3. The van der Waals surface area contributed by atoms with E-state index in [0.29, 0.717) is 18.8 Å². The lowest BCUT2D eigenvalue weighted by atomic mass is 10.2. The summed E-state index contributed by atoms with van der Waals surface area (Å²) in [5, 5.41) is 13.5. The van der Waals surface area contributed by atoms with E-state index in [1.165, 1.54) is 12.3 Å². The van der Waals surface area contributed by atoms with Gasteiger partial charge in [0.2, 0.25) is 0 Å². The number of carbonyl (C=O) groups excluding carboxylic acids is 1. The fourth-order valence-corrected chi connectivity index (χ4v) is 2.02. The number of aromatic nitrogens is 1. The smallest absolute Gasteiger partial charge is 0.287 e. The number of hydrogen-bond donors (Lipinski definition) is 2. The molecule has 0 atom stereocenters. The second-order valence-corrected chi connectivity index (χ2v) is 4.49. The van der Waals surface area contributed by atoms with Crippen molar-refractivity contribution in [2.24, 2.45) is 5.73 Å². The van der Waals surface area contributed by atoms with Gasteiger partial charge in [-0.05, 0) is 24.6 Å². The Bertz CT molecular complexity index is 679. The summed E-state index contributed by atoms with van der Waals surface area (Å²) in [5.74, 6) is -0.390. The van der Waals surface area contributed by atoms with Crippen molar-refractivity contribution in [2.75, 3.05) is 5.32 Å². The zero-order chi connectivity index (χ0) is 15.4. The molecule has 0 aliphatic heterocycles. The van der Waals surface area contributed by atoms with E-state index in [9.17, 15) is 14.9 Å². The van der Waals surface area contributed by atoms with Crippen LogP contribution < -0.4 is 11.1 Å². The number of hydrogen-bond acceptors (Lipinski definition) is 4. The molecule has 0 aliphatic carbocycles. The normalized spacial score (nSPS) is 10.4. The van der Waals surface area contributed by atoms with Gasteiger partial charge in [-0.25, -0.2) is 0 Å². The summed E-state index contributed by atoms with van der Waals surface area (Å²) in [7, 11) is 0. The zero-order valence-corrected chi connectivity index (χ0v) is 11.6.